The molecule has 1 aliphatic heterocycles. The summed E-state index contributed by atoms with van der Waals surface area (Å²) >= 11 is 0. The fourth-order valence-electron chi connectivity index (χ4n) is 3.07. The van der Waals surface area contributed by atoms with Crippen molar-refractivity contribution in [3.8, 4) is 0 Å². The maximum Gasteiger partial charge on any atom is 0.237 e. The van der Waals surface area contributed by atoms with E-state index >= 15 is 0 Å². The van der Waals surface area contributed by atoms with Crippen LogP contribution < -0.4 is 15.8 Å². The van der Waals surface area contributed by atoms with Gasteiger partial charge in [-0.15, -0.1) is 0 Å². The van der Waals surface area contributed by atoms with Gasteiger partial charge < -0.3 is 15.8 Å². The molecule has 4 N–H and O–H groups in total. The zero-order valence-electron chi connectivity index (χ0n) is 15.4. The van der Waals surface area contributed by atoms with E-state index in [-0.39, 0.29) is 30.2 Å². The van der Waals surface area contributed by atoms with Crippen LogP contribution in [0.25, 0.3) is 0 Å². The Morgan fingerprint density at radius 2 is 1.85 bits per heavy atom. The van der Waals surface area contributed by atoms with Gasteiger partial charge in [0.2, 0.25) is 15.9 Å². The van der Waals surface area contributed by atoms with E-state index in [0.29, 0.717) is 18.8 Å². The molecule has 2 rings (SSSR count). The summed E-state index contributed by atoms with van der Waals surface area (Å²) < 4.78 is 32.2. The van der Waals surface area contributed by atoms with Crippen molar-refractivity contribution in [3.05, 3.63) is 35.4 Å². The molecule has 1 fully saturated rings. The van der Waals surface area contributed by atoms with Crippen molar-refractivity contribution < 1.29 is 17.9 Å². The minimum absolute atomic E-state index is 0.120. The van der Waals surface area contributed by atoms with E-state index in [1.807, 2.05) is 12.1 Å². The maximum atomic E-state index is 12.4. The van der Waals surface area contributed by atoms with E-state index in [9.17, 15) is 13.2 Å². The Kier molecular flexibility index (Phi) is 7.57. The first-order chi connectivity index (χ1) is 12.3. The van der Waals surface area contributed by atoms with Crippen LogP contribution in [0.4, 0.5) is 0 Å². The van der Waals surface area contributed by atoms with Crippen LogP contribution in [0, 0.1) is 5.92 Å². The van der Waals surface area contributed by atoms with Crippen LogP contribution in [0.5, 0.6) is 0 Å². The highest BCUT2D eigenvalue weighted by molar-refractivity contribution is 7.88. The van der Waals surface area contributed by atoms with Gasteiger partial charge in [-0.05, 0) is 43.7 Å². The third-order valence-corrected chi connectivity index (χ3v) is 5.93. The number of nitrogens with two attached hydrogens (primary N) is 1. The quantitative estimate of drug-likeness (QED) is 0.617. The SMILES string of the molecule is CC(C)NS(=O)(=O)Cc1ccccc1CNC(=O)C(N)C1CCOCC1. The van der Waals surface area contributed by atoms with Crippen LogP contribution in [0.1, 0.15) is 37.8 Å². The van der Waals surface area contributed by atoms with Crippen LogP contribution in [-0.2, 0) is 31.9 Å². The molecule has 0 spiro atoms. The molecule has 1 aliphatic rings. The molecule has 26 heavy (non-hydrogen) atoms. The molecule has 0 aliphatic carbocycles. The lowest BCUT2D eigenvalue weighted by molar-refractivity contribution is -0.124. The molecule has 1 unspecified atom stereocenters. The lowest BCUT2D eigenvalue weighted by Crippen LogP contribution is -2.46. The Morgan fingerprint density at radius 3 is 2.46 bits per heavy atom. The number of carbonyl (C=O) groups is 1. The van der Waals surface area contributed by atoms with Gasteiger partial charge in [-0.1, -0.05) is 24.3 Å². The Morgan fingerprint density at radius 1 is 1.23 bits per heavy atom. The molecule has 1 aromatic carbocycles. The second-order valence-corrected chi connectivity index (χ2v) is 8.75. The van der Waals surface area contributed by atoms with E-state index in [1.165, 1.54) is 0 Å². The molecule has 7 nitrogen and oxygen atoms in total. The molecule has 0 saturated carbocycles. The number of nitrogens with one attached hydrogen (secondary N) is 2. The normalized spacial score (nSPS) is 17.2. The molecule has 0 bridgehead atoms. The number of rotatable bonds is 8. The molecule has 0 aromatic heterocycles. The molecule has 1 saturated heterocycles. The minimum atomic E-state index is -3.43. The highest BCUT2D eigenvalue weighted by atomic mass is 32.2. The number of benzene rings is 1. The predicted molar refractivity (Wildman–Crippen MR) is 101 cm³/mol. The fourth-order valence-corrected chi connectivity index (χ4v) is 4.56. The topological polar surface area (TPSA) is 111 Å². The van der Waals surface area contributed by atoms with Gasteiger partial charge in [-0.3, -0.25) is 4.79 Å². The highest BCUT2D eigenvalue weighted by Crippen LogP contribution is 2.18. The van der Waals surface area contributed by atoms with Crippen molar-refractivity contribution >= 4 is 15.9 Å². The predicted octanol–water partition coefficient (Wildman–Crippen LogP) is 0.885. The summed E-state index contributed by atoms with van der Waals surface area (Å²) in [7, 11) is -3.43. The summed E-state index contributed by atoms with van der Waals surface area (Å²) in [6, 6.07) is 6.47. The van der Waals surface area contributed by atoms with E-state index in [4.69, 9.17) is 10.5 Å². The maximum absolute atomic E-state index is 12.4. The van der Waals surface area contributed by atoms with Gasteiger partial charge in [0.1, 0.15) is 0 Å². The molecule has 0 radical (unpaired) electrons. The molecule has 1 aromatic rings. The first kappa shape index (κ1) is 20.8. The van der Waals surface area contributed by atoms with Crippen LogP contribution in [0.3, 0.4) is 0 Å². The number of hydrogen-bond acceptors (Lipinski definition) is 5. The summed E-state index contributed by atoms with van der Waals surface area (Å²) in [5.41, 5.74) is 7.52. The van der Waals surface area contributed by atoms with Crippen LogP contribution in [0.2, 0.25) is 0 Å². The number of sulfonamides is 1. The van der Waals surface area contributed by atoms with Gasteiger partial charge in [0.25, 0.3) is 0 Å². The molecule has 8 heteroatoms. The first-order valence-corrected chi connectivity index (χ1v) is 10.6. The largest absolute Gasteiger partial charge is 0.381 e. The Hall–Kier alpha value is -1.48. The van der Waals surface area contributed by atoms with E-state index in [2.05, 4.69) is 10.0 Å². The summed E-state index contributed by atoms with van der Waals surface area (Å²) in [4.78, 5) is 12.4. The summed E-state index contributed by atoms with van der Waals surface area (Å²) in [5, 5.41) is 2.84. The molecule has 1 atom stereocenters. The number of amides is 1. The molecular formula is C18H29N3O4S. The second-order valence-electron chi connectivity index (χ2n) is 6.99. The number of ether oxygens (including phenoxy) is 1. The monoisotopic (exact) mass is 383 g/mol. The van der Waals surface area contributed by atoms with E-state index in [0.717, 1.165) is 18.4 Å². The summed E-state index contributed by atoms with van der Waals surface area (Å²) in [5.74, 6) is -0.215. The van der Waals surface area contributed by atoms with Crippen molar-refractivity contribution in [3.63, 3.8) is 0 Å². The average Bonchev–Trinajstić information content (AvgIpc) is 2.59. The van der Waals surface area contributed by atoms with Crippen LogP contribution >= 0.6 is 0 Å². The van der Waals surface area contributed by atoms with Crippen LogP contribution in [-0.4, -0.2) is 39.6 Å². The molecule has 1 amide bonds. The fraction of sp³-hybridized carbons (Fsp3) is 0.611. The second kappa shape index (κ2) is 9.45. The van der Waals surface area contributed by atoms with E-state index < -0.39 is 16.1 Å². The lowest BCUT2D eigenvalue weighted by atomic mass is 9.92. The van der Waals surface area contributed by atoms with Crippen molar-refractivity contribution in [1.29, 1.82) is 0 Å². The Labute approximate surface area is 155 Å². The van der Waals surface area contributed by atoms with Gasteiger partial charge in [-0.2, -0.15) is 0 Å². The van der Waals surface area contributed by atoms with Crippen LogP contribution in [0.15, 0.2) is 24.3 Å². The Balaban J connectivity index is 1.98. The third kappa shape index (κ3) is 6.35. The average molecular weight is 384 g/mol. The zero-order chi connectivity index (χ0) is 19.2. The van der Waals surface area contributed by atoms with Crippen molar-refractivity contribution in [1.82, 2.24) is 10.0 Å². The van der Waals surface area contributed by atoms with Gasteiger partial charge in [0, 0.05) is 25.8 Å². The smallest absolute Gasteiger partial charge is 0.237 e. The van der Waals surface area contributed by atoms with Crippen molar-refractivity contribution in [2.45, 2.75) is 51.1 Å². The first-order valence-electron chi connectivity index (χ1n) is 8.96. The zero-order valence-corrected chi connectivity index (χ0v) is 16.2. The van der Waals surface area contributed by atoms with E-state index in [1.54, 1.807) is 26.0 Å². The lowest BCUT2D eigenvalue weighted by Gasteiger charge is -2.26. The van der Waals surface area contributed by atoms with Gasteiger partial charge in [0.05, 0.1) is 11.8 Å². The minimum Gasteiger partial charge on any atom is -0.381 e. The van der Waals surface area contributed by atoms with Gasteiger partial charge >= 0.3 is 0 Å². The van der Waals surface area contributed by atoms with Crippen molar-refractivity contribution in [2.24, 2.45) is 11.7 Å². The summed E-state index contributed by atoms with van der Waals surface area (Å²) in [6.45, 7) is 5.08. The molecular weight excluding hydrogens is 354 g/mol. The van der Waals surface area contributed by atoms with Gasteiger partial charge in [-0.25, -0.2) is 13.1 Å². The molecule has 1 heterocycles. The molecule has 146 valence electrons. The standard InChI is InChI=1S/C18H29N3O4S/c1-13(2)21-26(23,24)12-16-6-4-3-5-15(16)11-20-18(22)17(19)14-7-9-25-10-8-14/h3-6,13-14,17,21H,7-12,19H2,1-2H3,(H,20,22). The number of hydrogen-bond donors (Lipinski definition) is 3. The van der Waals surface area contributed by atoms with Crippen molar-refractivity contribution in [2.75, 3.05) is 13.2 Å². The highest BCUT2D eigenvalue weighted by Gasteiger charge is 2.26. The number of carbonyl (C=O) groups excluding carboxylic acids is 1. The Bertz CT molecular complexity index is 700. The third-order valence-electron chi connectivity index (χ3n) is 4.41. The van der Waals surface area contributed by atoms with Gasteiger partial charge in [0.15, 0.2) is 0 Å². The summed E-state index contributed by atoms with van der Waals surface area (Å²) in [6.07, 6.45) is 1.56.